The molecule has 1 fully saturated rings. The van der Waals surface area contributed by atoms with E-state index in [2.05, 4.69) is 20.4 Å². The topological polar surface area (TPSA) is 82.1 Å². The van der Waals surface area contributed by atoms with Crippen LogP contribution < -0.4 is 5.73 Å². The zero-order valence-corrected chi connectivity index (χ0v) is 10.1. The van der Waals surface area contributed by atoms with Crippen LogP contribution in [-0.2, 0) is 17.7 Å². The molecular formula is C10H20N6O. The van der Waals surface area contributed by atoms with Gasteiger partial charge in [-0.2, -0.15) is 0 Å². The standard InChI is InChI=1S/C10H20N6O/c11-3-2-10-12-13-14-16(10)5-1-4-15-6-8-17-9-7-15/h1-9,11H2. The molecule has 0 amide bonds. The molecule has 0 unspecified atom stereocenters. The largest absolute Gasteiger partial charge is 0.379 e. The minimum absolute atomic E-state index is 0.587. The summed E-state index contributed by atoms with van der Waals surface area (Å²) in [7, 11) is 0. The van der Waals surface area contributed by atoms with Crippen LogP contribution in [0.5, 0.6) is 0 Å². The van der Waals surface area contributed by atoms with Gasteiger partial charge in [-0.15, -0.1) is 5.10 Å². The van der Waals surface area contributed by atoms with E-state index in [0.29, 0.717) is 6.54 Å². The van der Waals surface area contributed by atoms with Crippen molar-refractivity contribution >= 4 is 0 Å². The van der Waals surface area contributed by atoms with Gasteiger partial charge >= 0.3 is 0 Å². The number of morpholine rings is 1. The SMILES string of the molecule is NCCc1nnnn1CCCN1CCOCC1. The van der Waals surface area contributed by atoms with Crippen molar-refractivity contribution in [2.24, 2.45) is 5.73 Å². The number of hydrogen-bond acceptors (Lipinski definition) is 6. The van der Waals surface area contributed by atoms with Gasteiger partial charge in [0, 0.05) is 32.6 Å². The van der Waals surface area contributed by atoms with Crippen LogP contribution in [0, 0.1) is 0 Å². The number of ether oxygens (including phenoxy) is 1. The third-order valence-corrected chi connectivity index (χ3v) is 2.92. The second-order valence-corrected chi connectivity index (χ2v) is 4.16. The maximum absolute atomic E-state index is 5.50. The average Bonchev–Trinajstić information content (AvgIpc) is 2.79. The Labute approximate surface area is 101 Å². The van der Waals surface area contributed by atoms with Gasteiger partial charge < -0.3 is 10.5 Å². The monoisotopic (exact) mass is 240 g/mol. The van der Waals surface area contributed by atoms with Gasteiger partial charge in [0.2, 0.25) is 0 Å². The average molecular weight is 240 g/mol. The highest BCUT2D eigenvalue weighted by atomic mass is 16.5. The molecule has 0 aromatic carbocycles. The first-order valence-electron chi connectivity index (χ1n) is 6.15. The number of hydrogen-bond donors (Lipinski definition) is 1. The van der Waals surface area contributed by atoms with Gasteiger partial charge in [-0.3, -0.25) is 4.90 Å². The predicted octanol–water partition coefficient (Wildman–Crippen LogP) is -1.10. The molecule has 0 spiro atoms. The fourth-order valence-corrected chi connectivity index (χ4v) is 1.97. The summed E-state index contributed by atoms with van der Waals surface area (Å²) >= 11 is 0. The normalized spacial score (nSPS) is 17.5. The summed E-state index contributed by atoms with van der Waals surface area (Å²) in [4.78, 5) is 2.41. The Morgan fingerprint density at radius 1 is 1.24 bits per heavy atom. The number of aromatic nitrogens is 4. The van der Waals surface area contributed by atoms with Crippen molar-refractivity contribution in [1.29, 1.82) is 0 Å². The smallest absolute Gasteiger partial charge is 0.152 e. The van der Waals surface area contributed by atoms with Crippen molar-refractivity contribution in [1.82, 2.24) is 25.1 Å². The first-order chi connectivity index (χ1) is 8.40. The van der Waals surface area contributed by atoms with Crippen LogP contribution in [0.2, 0.25) is 0 Å². The zero-order valence-electron chi connectivity index (χ0n) is 10.1. The van der Waals surface area contributed by atoms with Crippen LogP contribution in [0.3, 0.4) is 0 Å². The lowest BCUT2D eigenvalue weighted by atomic mass is 10.3. The van der Waals surface area contributed by atoms with E-state index >= 15 is 0 Å². The number of nitrogens with zero attached hydrogens (tertiary/aromatic N) is 5. The second-order valence-electron chi connectivity index (χ2n) is 4.16. The number of tetrazole rings is 1. The predicted molar refractivity (Wildman–Crippen MR) is 62.5 cm³/mol. The van der Waals surface area contributed by atoms with E-state index in [0.717, 1.165) is 58.1 Å². The van der Waals surface area contributed by atoms with Gasteiger partial charge in [0.15, 0.2) is 5.82 Å². The number of nitrogens with two attached hydrogens (primary N) is 1. The number of aryl methyl sites for hydroxylation is 1. The van der Waals surface area contributed by atoms with Crippen molar-refractivity contribution in [2.45, 2.75) is 19.4 Å². The quantitative estimate of drug-likeness (QED) is 0.679. The van der Waals surface area contributed by atoms with E-state index in [9.17, 15) is 0 Å². The highest BCUT2D eigenvalue weighted by Gasteiger charge is 2.10. The van der Waals surface area contributed by atoms with Gasteiger partial charge in [0.1, 0.15) is 0 Å². The first-order valence-corrected chi connectivity index (χ1v) is 6.15. The molecule has 7 nitrogen and oxygen atoms in total. The van der Waals surface area contributed by atoms with E-state index in [-0.39, 0.29) is 0 Å². The molecule has 1 aromatic rings. The molecule has 96 valence electrons. The van der Waals surface area contributed by atoms with Crippen molar-refractivity contribution in [3.8, 4) is 0 Å². The van der Waals surface area contributed by atoms with Crippen molar-refractivity contribution in [2.75, 3.05) is 39.4 Å². The molecule has 1 aliphatic rings. The molecule has 17 heavy (non-hydrogen) atoms. The minimum atomic E-state index is 0.587. The number of rotatable bonds is 6. The molecular weight excluding hydrogens is 220 g/mol. The van der Waals surface area contributed by atoms with Crippen LogP contribution in [-0.4, -0.2) is 64.5 Å². The fraction of sp³-hybridized carbons (Fsp3) is 0.900. The van der Waals surface area contributed by atoms with Gasteiger partial charge in [0.05, 0.1) is 13.2 Å². The lowest BCUT2D eigenvalue weighted by Gasteiger charge is -2.26. The molecule has 2 N–H and O–H groups in total. The summed E-state index contributed by atoms with van der Waals surface area (Å²) < 4.78 is 7.16. The maximum atomic E-state index is 5.50. The Kier molecular flexibility index (Phi) is 4.84. The van der Waals surface area contributed by atoms with Crippen LogP contribution in [0.25, 0.3) is 0 Å². The molecule has 0 radical (unpaired) electrons. The maximum Gasteiger partial charge on any atom is 0.152 e. The van der Waals surface area contributed by atoms with Crippen LogP contribution >= 0.6 is 0 Å². The van der Waals surface area contributed by atoms with Gasteiger partial charge in [-0.25, -0.2) is 4.68 Å². The van der Waals surface area contributed by atoms with Gasteiger partial charge in [-0.05, 0) is 23.4 Å². The molecule has 1 aromatic heterocycles. The van der Waals surface area contributed by atoms with Crippen molar-refractivity contribution < 1.29 is 4.74 Å². The summed E-state index contributed by atoms with van der Waals surface area (Å²) in [5.41, 5.74) is 5.50. The Hall–Kier alpha value is -1.05. The summed E-state index contributed by atoms with van der Waals surface area (Å²) in [6, 6.07) is 0. The van der Waals surface area contributed by atoms with E-state index in [1.54, 1.807) is 0 Å². The molecule has 0 aliphatic carbocycles. The molecule has 0 atom stereocenters. The van der Waals surface area contributed by atoms with Gasteiger partial charge in [0.25, 0.3) is 0 Å². The third kappa shape index (κ3) is 3.72. The molecule has 2 heterocycles. The highest BCUT2D eigenvalue weighted by Crippen LogP contribution is 2.00. The first kappa shape index (κ1) is 12.4. The van der Waals surface area contributed by atoms with E-state index in [4.69, 9.17) is 10.5 Å². The molecule has 0 bridgehead atoms. The van der Waals surface area contributed by atoms with E-state index in [1.165, 1.54) is 0 Å². The third-order valence-electron chi connectivity index (χ3n) is 2.92. The summed E-state index contributed by atoms with van der Waals surface area (Å²) in [5.74, 6) is 0.884. The molecule has 0 saturated carbocycles. The molecule has 1 saturated heterocycles. The second kappa shape index (κ2) is 6.63. The Morgan fingerprint density at radius 3 is 2.82 bits per heavy atom. The van der Waals surface area contributed by atoms with Crippen LogP contribution in [0.4, 0.5) is 0 Å². The Balaban J connectivity index is 1.71. The van der Waals surface area contributed by atoms with Crippen molar-refractivity contribution in [3.05, 3.63) is 5.82 Å². The van der Waals surface area contributed by atoms with Crippen molar-refractivity contribution in [3.63, 3.8) is 0 Å². The Bertz CT molecular complexity index is 322. The highest BCUT2D eigenvalue weighted by molar-refractivity contribution is 4.81. The van der Waals surface area contributed by atoms with Crippen LogP contribution in [0.1, 0.15) is 12.2 Å². The van der Waals surface area contributed by atoms with Crippen LogP contribution in [0.15, 0.2) is 0 Å². The van der Waals surface area contributed by atoms with E-state index < -0.39 is 0 Å². The molecule has 7 heteroatoms. The summed E-state index contributed by atoms with van der Waals surface area (Å²) in [6.07, 6.45) is 1.80. The van der Waals surface area contributed by atoms with E-state index in [1.807, 2.05) is 4.68 Å². The Morgan fingerprint density at radius 2 is 2.06 bits per heavy atom. The fourth-order valence-electron chi connectivity index (χ4n) is 1.97. The molecule has 2 rings (SSSR count). The lowest BCUT2D eigenvalue weighted by molar-refractivity contribution is 0.0368. The minimum Gasteiger partial charge on any atom is -0.379 e. The summed E-state index contributed by atoms with van der Waals surface area (Å²) in [6.45, 7) is 6.29. The zero-order chi connectivity index (χ0) is 11.9. The van der Waals surface area contributed by atoms with Gasteiger partial charge in [-0.1, -0.05) is 0 Å². The summed E-state index contributed by atoms with van der Waals surface area (Å²) in [5, 5.41) is 11.6. The lowest BCUT2D eigenvalue weighted by Crippen LogP contribution is -2.37. The molecule has 1 aliphatic heterocycles.